The van der Waals surface area contributed by atoms with Gasteiger partial charge in [0.05, 0.1) is 12.7 Å². The standard InChI is InChI=1S/C24H21N2O3/c1-25-13-17(24(28)29-2)11-19-18-9-6-10-20-22(18)16(12-21(19)25)14-26(20)23(27)15-7-4-3-5-8-15/h3-11,13,16H,12,14H2,1-2H3/q+1. The first-order valence-corrected chi connectivity index (χ1v) is 9.69. The number of methoxy groups -OCH3 is 1. The number of aryl methyl sites for hydroxylation is 1. The predicted octanol–water partition coefficient (Wildman–Crippen LogP) is 3.26. The normalized spacial score (nSPS) is 16.2. The molecule has 0 spiro atoms. The number of fused-ring (bicyclic) bond motifs is 2. The van der Waals surface area contributed by atoms with Gasteiger partial charge in [0.1, 0.15) is 12.6 Å². The zero-order valence-corrected chi connectivity index (χ0v) is 16.4. The van der Waals surface area contributed by atoms with Crippen LogP contribution in [0.15, 0.2) is 60.8 Å². The maximum Gasteiger partial charge on any atom is 0.343 e. The monoisotopic (exact) mass is 385 g/mol. The molecule has 5 heteroatoms. The average molecular weight is 385 g/mol. The Labute approximate surface area is 169 Å². The van der Waals surface area contributed by atoms with Gasteiger partial charge in [0.25, 0.3) is 5.91 Å². The molecule has 3 aromatic rings. The van der Waals surface area contributed by atoms with Crippen LogP contribution in [0.4, 0.5) is 5.69 Å². The number of hydrogen-bond acceptors (Lipinski definition) is 3. The summed E-state index contributed by atoms with van der Waals surface area (Å²) < 4.78 is 6.93. The van der Waals surface area contributed by atoms with Crippen molar-refractivity contribution in [2.75, 3.05) is 18.6 Å². The van der Waals surface area contributed by atoms with Gasteiger partial charge in [0, 0.05) is 30.1 Å². The lowest BCUT2D eigenvalue weighted by Crippen LogP contribution is -2.38. The summed E-state index contributed by atoms with van der Waals surface area (Å²) >= 11 is 0. The Bertz CT molecular complexity index is 1150. The summed E-state index contributed by atoms with van der Waals surface area (Å²) in [4.78, 5) is 27.2. The number of hydrogen-bond donors (Lipinski definition) is 0. The highest BCUT2D eigenvalue weighted by Crippen LogP contribution is 2.48. The smallest absolute Gasteiger partial charge is 0.343 e. The molecule has 2 heterocycles. The third-order valence-corrected chi connectivity index (χ3v) is 5.97. The minimum Gasteiger partial charge on any atom is -0.465 e. The van der Waals surface area contributed by atoms with Gasteiger partial charge < -0.3 is 9.64 Å². The minimum atomic E-state index is -0.348. The molecule has 29 heavy (non-hydrogen) atoms. The Balaban J connectivity index is 1.63. The molecule has 0 saturated carbocycles. The summed E-state index contributed by atoms with van der Waals surface area (Å²) in [5.41, 5.74) is 6.70. The van der Waals surface area contributed by atoms with E-state index >= 15 is 0 Å². The zero-order chi connectivity index (χ0) is 20.1. The minimum absolute atomic E-state index is 0.0251. The van der Waals surface area contributed by atoms with Crippen LogP contribution < -0.4 is 9.47 Å². The van der Waals surface area contributed by atoms with Crippen molar-refractivity contribution in [2.45, 2.75) is 12.3 Å². The molecular formula is C24H21N2O3+. The highest BCUT2D eigenvalue weighted by atomic mass is 16.5. The molecule has 1 atom stereocenters. The van der Waals surface area contributed by atoms with E-state index in [1.807, 2.05) is 71.2 Å². The summed E-state index contributed by atoms with van der Waals surface area (Å²) in [6.07, 6.45) is 2.65. The number of pyridine rings is 1. The lowest BCUT2D eigenvalue weighted by atomic mass is 9.81. The molecule has 144 valence electrons. The first-order chi connectivity index (χ1) is 14.1. The van der Waals surface area contributed by atoms with E-state index in [4.69, 9.17) is 4.74 Å². The van der Waals surface area contributed by atoms with Gasteiger partial charge in [-0.05, 0) is 35.4 Å². The largest absolute Gasteiger partial charge is 0.465 e. The van der Waals surface area contributed by atoms with Crippen molar-refractivity contribution < 1.29 is 18.9 Å². The number of benzene rings is 2. The Morgan fingerprint density at radius 1 is 1.03 bits per heavy atom. The molecule has 5 nitrogen and oxygen atoms in total. The Kier molecular flexibility index (Phi) is 3.98. The number of aromatic nitrogens is 1. The van der Waals surface area contributed by atoms with Crippen molar-refractivity contribution in [1.29, 1.82) is 0 Å². The number of nitrogens with zero attached hydrogens (tertiary/aromatic N) is 2. The van der Waals surface area contributed by atoms with Crippen LogP contribution in [0.25, 0.3) is 11.1 Å². The summed E-state index contributed by atoms with van der Waals surface area (Å²) in [7, 11) is 3.35. The van der Waals surface area contributed by atoms with Crippen LogP contribution in [-0.2, 0) is 18.2 Å². The van der Waals surface area contributed by atoms with Crippen molar-refractivity contribution in [3.8, 4) is 11.1 Å². The number of esters is 1. The Hall–Kier alpha value is -3.47. The average Bonchev–Trinajstić information content (AvgIpc) is 3.13. The van der Waals surface area contributed by atoms with Gasteiger partial charge in [0.15, 0.2) is 11.9 Å². The number of amides is 1. The van der Waals surface area contributed by atoms with E-state index in [2.05, 4.69) is 6.07 Å². The lowest BCUT2D eigenvalue weighted by molar-refractivity contribution is -0.679. The van der Waals surface area contributed by atoms with Crippen molar-refractivity contribution >= 4 is 17.6 Å². The predicted molar refractivity (Wildman–Crippen MR) is 109 cm³/mol. The van der Waals surface area contributed by atoms with Gasteiger partial charge in [-0.25, -0.2) is 9.36 Å². The van der Waals surface area contributed by atoms with E-state index < -0.39 is 0 Å². The van der Waals surface area contributed by atoms with Gasteiger partial charge in [-0.2, -0.15) is 0 Å². The molecule has 1 aromatic heterocycles. The summed E-state index contributed by atoms with van der Waals surface area (Å²) in [6.45, 7) is 0.665. The van der Waals surface area contributed by atoms with Crippen molar-refractivity contribution in [2.24, 2.45) is 7.05 Å². The molecule has 0 fully saturated rings. The third-order valence-electron chi connectivity index (χ3n) is 5.97. The van der Waals surface area contributed by atoms with E-state index in [9.17, 15) is 9.59 Å². The van der Waals surface area contributed by atoms with Gasteiger partial charge in [-0.1, -0.05) is 30.3 Å². The number of carbonyl (C=O) groups is 2. The van der Waals surface area contributed by atoms with Gasteiger partial charge in [-0.15, -0.1) is 0 Å². The van der Waals surface area contributed by atoms with Crippen LogP contribution in [0.3, 0.4) is 0 Å². The first kappa shape index (κ1) is 17.6. The molecule has 0 N–H and O–H groups in total. The van der Waals surface area contributed by atoms with E-state index in [1.165, 1.54) is 18.4 Å². The second-order valence-electron chi connectivity index (χ2n) is 7.61. The fourth-order valence-corrected chi connectivity index (χ4v) is 4.66. The van der Waals surface area contributed by atoms with Crippen LogP contribution in [0.2, 0.25) is 0 Å². The van der Waals surface area contributed by atoms with E-state index in [0.29, 0.717) is 17.7 Å². The first-order valence-electron chi connectivity index (χ1n) is 9.69. The van der Waals surface area contributed by atoms with Crippen LogP contribution in [0.1, 0.15) is 37.9 Å². The van der Waals surface area contributed by atoms with E-state index in [0.717, 1.165) is 23.2 Å². The second kappa shape index (κ2) is 6.55. The number of anilines is 1. The van der Waals surface area contributed by atoms with Gasteiger partial charge >= 0.3 is 5.97 Å². The van der Waals surface area contributed by atoms with Crippen molar-refractivity contribution in [3.05, 3.63) is 83.2 Å². The van der Waals surface area contributed by atoms with E-state index in [1.54, 1.807) is 0 Å². The molecule has 1 aliphatic heterocycles. The summed E-state index contributed by atoms with van der Waals surface area (Å²) in [5, 5.41) is 0. The highest BCUT2D eigenvalue weighted by Gasteiger charge is 2.41. The fourth-order valence-electron chi connectivity index (χ4n) is 4.66. The van der Waals surface area contributed by atoms with Crippen LogP contribution >= 0.6 is 0 Å². The molecular weight excluding hydrogens is 364 g/mol. The SMILES string of the molecule is COC(=O)c1cc2c([n+](C)c1)CC1CN(C(=O)c3ccccc3)c3cccc-2c31. The molecule has 0 bridgehead atoms. The van der Waals surface area contributed by atoms with E-state index in [-0.39, 0.29) is 17.8 Å². The lowest BCUT2D eigenvalue weighted by Gasteiger charge is -2.21. The number of rotatable bonds is 2. The maximum absolute atomic E-state index is 13.2. The number of ether oxygens (including phenoxy) is 1. The summed E-state index contributed by atoms with van der Waals surface area (Å²) in [5.74, 6) is -0.0763. The molecule has 0 radical (unpaired) electrons. The molecule has 1 amide bonds. The van der Waals surface area contributed by atoms with Crippen LogP contribution in [-0.4, -0.2) is 25.5 Å². The van der Waals surface area contributed by atoms with Crippen molar-refractivity contribution in [1.82, 2.24) is 0 Å². The topological polar surface area (TPSA) is 50.5 Å². The van der Waals surface area contributed by atoms with Crippen LogP contribution in [0, 0.1) is 0 Å². The molecule has 1 aliphatic carbocycles. The Morgan fingerprint density at radius 2 is 1.83 bits per heavy atom. The zero-order valence-electron chi connectivity index (χ0n) is 16.4. The summed E-state index contributed by atoms with van der Waals surface area (Å²) in [6, 6.07) is 17.4. The van der Waals surface area contributed by atoms with Crippen molar-refractivity contribution in [3.63, 3.8) is 0 Å². The third kappa shape index (κ3) is 2.65. The number of carbonyl (C=O) groups excluding carboxylic acids is 2. The Morgan fingerprint density at radius 3 is 2.59 bits per heavy atom. The molecule has 5 rings (SSSR count). The fraction of sp³-hybridized carbons (Fsp3) is 0.208. The molecule has 2 aromatic carbocycles. The molecule has 0 saturated heterocycles. The second-order valence-corrected chi connectivity index (χ2v) is 7.61. The molecule has 2 aliphatic rings. The van der Waals surface area contributed by atoms with Gasteiger partial charge in [-0.3, -0.25) is 4.79 Å². The molecule has 1 unspecified atom stereocenters. The maximum atomic E-state index is 13.2. The van der Waals surface area contributed by atoms with Gasteiger partial charge in [0.2, 0.25) is 0 Å². The highest BCUT2D eigenvalue weighted by molar-refractivity contribution is 6.08. The van der Waals surface area contributed by atoms with Crippen LogP contribution in [0.5, 0.6) is 0 Å². The quantitative estimate of drug-likeness (QED) is 0.503.